The molecule has 1 N–H and O–H groups in total. The van der Waals surface area contributed by atoms with Crippen molar-refractivity contribution in [1.82, 2.24) is 4.90 Å². The fourth-order valence-electron chi connectivity index (χ4n) is 3.95. The van der Waals surface area contributed by atoms with Gasteiger partial charge in [0.05, 0.1) is 16.9 Å². The molecule has 4 rings (SSSR count). The molecule has 41 heavy (non-hydrogen) atoms. The van der Waals surface area contributed by atoms with Gasteiger partial charge in [0.2, 0.25) is 5.91 Å². The minimum absolute atomic E-state index is 0.0399. The number of amides is 3. The van der Waals surface area contributed by atoms with E-state index < -0.39 is 49.2 Å². The second kappa shape index (κ2) is 11.8. The standard InChI is InChI=1S/C27H23N3O9S2/c1-16-7-6-8-17(2)25(16)28-24(31)15-29-26(32)22(40-27(29)33)14-18-11-12-20(21(13-18)38-3)39-41(36,37)23-10-5-4-9-19(23)30(34)35/h4-14H,15H2,1-3H3,(H,28,31)/b22-14-. The quantitative estimate of drug-likeness (QED) is 0.159. The number of nitro groups is 1. The van der Waals surface area contributed by atoms with Gasteiger partial charge in [0.15, 0.2) is 16.4 Å². The molecular weight excluding hydrogens is 574 g/mol. The Morgan fingerprint density at radius 2 is 1.73 bits per heavy atom. The third-order valence-corrected chi connectivity index (χ3v) is 8.13. The van der Waals surface area contributed by atoms with E-state index in [0.29, 0.717) is 23.0 Å². The number of aryl methyl sites for hydroxylation is 2. The van der Waals surface area contributed by atoms with E-state index in [9.17, 15) is 32.9 Å². The molecule has 0 bridgehead atoms. The van der Waals surface area contributed by atoms with Gasteiger partial charge in [0, 0.05) is 11.8 Å². The average Bonchev–Trinajstić information content (AvgIpc) is 3.18. The highest BCUT2D eigenvalue weighted by Crippen LogP contribution is 2.36. The highest BCUT2D eigenvalue weighted by atomic mass is 32.2. The Morgan fingerprint density at radius 3 is 2.39 bits per heavy atom. The summed E-state index contributed by atoms with van der Waals surface area (Å²) in [6.07, 6.45) is 1.39. The van der Waals surface area contributed by atoms with E-state index >= 15 is 0 Å². The van der Waals surface area contributed by atoms with Crippen LogP contribution in [0, 0.1) is 24.0 Å². The first-order valence-electron chi connectivity index (χ1n) is 11.9. The SMILES string of the molecule is COc1cc(/C=C2\SC(=O)N(CC(=O)Nc3c(C)cccc3C)C2=O)ccc1OS(=O)(=O)c1ccccc1[N+](=O)[O-]. The van der Waals surface area contributed by atoms with Crippen molar-refractivity contribution in [1.29, 1.82) is 0 Å². The first-order valence-corrected chi connectivity index (χ1v) is 14.1. The number of nitrogens with one attached hydrogen (secondary N) is 1. The van der Waals surface area contributed by atoms with Crippen LogP contribution < -0.4 is 14.2 Å². The molecule has 0 aliphatic carbocycles. The number of hydrogen-bond acceptors (Lipinski definition) is 10. The number of thioether (sulfide) groups is 1. The molecule has 0 unspecified atom stereocenters. The lowest BCUT2D eigenvalue weighted by Gasteiger charge is -2.15. The number of benzene rings is 3. The number of nitrogens with zero attached hydrogens (tertiary/aromatic N) is 2. The molecule has 12 nitrogen and oxygen atoms in total. The summed E-state index contributed by atoms with van der Waals surface area (Å²) >= 11 is 0.647. The van der Waals surface area contributed by atoms with Crippen molar-refractivity contribution in [2.24, 2.45) is 0 Å². The lowest BCUT2D eigenvalue weighted by molar-refractivity contribution is -0.387. The number of nitro benzene ring substituents is 1. The second-order valence-corrected chi connectivity index (χ2v) is 11.3. The van der Waals surface area contributed by atoms with Crippen molar-refractivity contribution in [3.05, 3.63) is 92.4 Å². The molecule has 212 valence electrons. The zero-order chi connectivity index (χ0) is 29.9. The van der Waals surface area contributed by atoms with E-state index in [4.69, 9.17) is 8.92 Å². The number of ether oxygens (including phenoxy) is 1. The zero-order valence-electron chi connectivity index (χ0n) is 21.9. The van der Waals surface area contributed by atoms with Crippen molar-refractivity contribution >= 4 is 56.4 Å². The molecule has 0 saturated carbocycles. The Kier molecular flexibility index (Phi) is 8.44. The number of carbonyl (C=O) groups excluding carboxylic acids is 3. The molecule has 0 aromatic heterocycles. The molecule has 0 radical (unpaired) electrons. The molecule has 1 heterocycles. The maximum Gasteiger partial charge on any atom is 0.346 e. The first kappa shape index (κ1) is 29.3. The van der Waals surface area contributed by atoms with Crippen molar-refractivity contribution in [2.75, 3.05) is 19.0 Å². The van der Waals surface area contributed by atoms with Crippen LogP contribution in [0.2, 0.25) is 0 Å². The highest BCUT2D eigenvalue weighted by molar-refractivity contribution is 8.18. The smallest absolute Gasteiger partial charge is 0.346 e. The third-order valence-electron chi connectivity index (χ3n) is 5.94. The van der Waals surface area contributed by atoms with Crippen LogP contribution >= 0.6 is 11.8 Å². The van der Waals surface area contributed by atoms with Gasteiger partial charge in [0.25, 0.3) is 16.8 Å². The van der Waals surface area contributed by atoms with Crippen LogP contribution in [-0.4, -0.2) is 48.9 Å². The number of imide groups is 1. The molecular formula is C27H23N3O9S2. The topological polar surface area (TPSA) is 162 Å². The van der Waals surface area contributed by atoms with E-state index in [2.05, 4.69) is 5.32 Å². The molecule has 3 aromatic carbocycles. The lowest BCUT2D eigenvalue weighted by atomic mass is 10.1. The second-order valence-electron chi connectivity index (χ2n) is 8.76. The van der Waals surface area contributed by atoms with E-state index in [0.717, 1.165) is 28.2 Å². The summed E-state index contributed by atoms with van der Waals surface area (Å²) in [7, 11) is -3.35. The Bertz CT molecular complexity index is 1700. The summed E-state index contributed by atoms with van der Waals surface area (Å²) in [6, 6.07) is 14.3. The van der Waals surface area contributed by atoms with E-state index in [1.165, 1.54) is 43.5 Å². The summed E-state index contributed by atoms with van der Waals surface area (Å²) < 4.78 is 36.0. The summed E-state index contributed by atoms with van der Waals surface area (Å²) in [5.74, 6) is -1.50. The minimum atomic E-state index is -4.60. The molecule has 3 amide bonds. The average molecular weight is 598 g/mol. The van der Waals surface area contributed by atoms with Gasteiger partial charge < -0.3 is 14.2 Å². The van der Waals surface area contributed by atoms with Crippen molar-refractivity contribution < 1.29 is 36.6 Å². The molecule has 14 heteroatoms. The largest absolute Gasteiger partial charge is 0.493 e. The number of methoxy groups -OCH3 is 1. The van der Waals surface area contributed by atoms with Gasteiger partial charge in [-0.15, -0.1) is 0 Å². The Morgan fingerprint density at radius 1 is 1.05 bits per heavy atom. The van der Waals surface area contributed by atoms with Crippen LogP contribution in [0.5, 0.6) is 11.5 Å². The van der Waals surface area contributed by atoms with E-state index in [-0.39, 0.29) is 16.4 Å². The van der Waals surface area contributed by atoms with Crippen LogP contribution in [0.1, 0.15) is 16.7 Å². The summed E-state index contributed by atoms with van der Waals surface area (Å²) in [5.41, 5.74) is 2.00. The monoisotopic (exact) mass is 597 g/mol. The van der Waals surface area contributed by atoms with Crippen LogP contribution in [0.15, 0.2) is 70.5 Å². The highest BCUT2D eigenvalue weighted by Gasteiger charge is 2.36. The predicted molar refractivity (Wildman–Crippen MR) is 151 cm³/mol. The molecule has 1 aliphatic heterocycles. The maximum absolute atomic E-state index is 12.9. The summed E-state index contributed by atoms with van der Waals surface area (Å²) in [6.45, 7) is 3.18. The van der Waals surface area contributed by atoms with Gasteiger partial charge in [0.1, 0.15) is 6.54 Å². The molecule has 1 fully saturated rings. The molecule has 1 saturated heterocycles. The van der Waals surface area contributed by atoms with Crippen molar-refractivity contribution in [3.8, 4) is 11.5 Å². The molecule has 0 atom stereocenters. The number of hydrogen-bond donors (Lipinski definition) is 1. The van der Waals surface area contributed by atoms with Gasteiger partial charge in [-0.25, -0.2) is 0 Å². The summed E-state index contributed by atoms with van der Waals surface area (Å²) in [5, 5.41) is 13.4. The van der Waals surface area contributed by atoms with Gasteiger partial charge >= 0.3 is 10.1 Å². The van der Waals surface area contributed by atoms with Crippen LogP contribution in [0.3, 0.4) is 0 Å². The third kappa shape index (κ3) is 6.39. The normalized spacial score (nSPS) is 14.3. The number of para-hydroxylation sites is 2. The van der Waals surface area contributed by atoms with Crippen molar-refractivity contribution in [2.45, 2.75) is 18.7 Å². The maximum atomic E-state index is 12.9. The fourth-order valence-corrected chi connectivity index (χ4v) is 5.89. The van der Waals surface area contributed by atoms with Crippen LogP contribution in [0.4, 0.5) is 16.2 Å². The Balaban J connectivity index is 1.52. The van der Waals surface area contributed by atoms with Crippen LogP contribution in [0.25, 0.3) is 6.08 Å². The molecule has 3 aromatic rings. The lowest BCUT2D eigenvalue weighted by Crippen LogP contribution is -2.36. The van der Waals surface area contributed by atoms with Gasteiger partial charge in [-0.3, -0.25) is 29.4 Å². The fraction of sp³-hybridized carbons (Fsp3) is 0.148. The number of carbonyl (C=O) groups is 3. The van der Waals surface area contributed by atoms with Gasteiger partial charge in [-0.1, -0.05) is 36.4 Å². The van der Waals surface area contributed by atoms with E-state index in [1.54, 1.807) is 0 Å². The number of rotatable bonds is 9. The molecule has 0 spiro atoms. The van der Waals surface area contributed by atoms with Gasteiger partial charge in [-0.2, -0.15) is 8.42 Å². The first-order chi connectivity index (χ1) is 19.4. The predicted octanol–water partition coefficient (Wildman–Crippen LogP) is 4.66. The summed E-state index contributed by atoms with van der Waals surface area (Å²) in [4.78, 5) is 48.8. The number of anilines is 1. The Hall–Kier alpha value is -4.69. The van der Waals surface area contributed by atoms with Gasteiger partial charge in [-0.05, 0) is 66.6 Å². The minimum Gasteiger partial charge on any atom is -0.493 e. The van der Waals surface area contributed by atoms with Crippen molar-refractivity contribution in [3.63, 3.8) is 0 Å². The van der Waals surface area contributed by atoms with Crippen LogP contribution in [-0.2, 0) is 19.7 Å². The molecule has 1 aliphatic rings. The zero-order valence-corrected chi connectivity index (χ0v) is 23.6. The van der Waals surface area contributed by atoms with E-state index in [1.807, 2.05) is 32.0 Å². The Labute approximate surface area is 239 Å².